The molecule has 3 rings (SSSR count). The van der Waals surface area contributed by atoms with E-state index >= 15 is 0 Å². The summed E-state index contributed by atoms with van der Waals surface area (Å²) in [6.07, 6.45) is 3.98. The first-order valence-corrected chi connectivity index (χ1v) is 7.17. The van der Waals surface area contributed by atoms with Crippen LogP contribution in [0.3, 0.4) is 0 Å². The SMILES string of the molecule is NC(=O)CC1CCN(c2ncnc3cc(N)ccc23)CC1. The summed E-state index contributed by atoms with van der Waals surface area (Å²) in [5.41, 5.74) is 12.6. The van der Waals surface area contributed by atoms with Crippen LogP contribution in [0.2, 0.25) is 0 Å². The van der Waals surface area contributed by atoms with E-state index in [1.165, 1.54) is 0 Å². The van der Waals surface area contributed by atoms with Crippen molar-refractivity contribution < 1.29 is 4.79 Å². The van der Waals surface area contributed by atoms with E-state index in [4.69, 9.17) is 11.5 Å². The summed E-state index contributed by atoms with van der Waals surface area (Å²) >= 11 is 0. The number of anilines is 2. The molecular formula is C15H19N5O. The minimum Gasteiger partial charge on any atom is -0.399 e. The van der Waals surface area contributed by atoms with Gasteiger partial charge < -0.3 is 16.4 Å². The molecule has 1 saturated heterocycles. The Morgan fingerprint density at radius 3 is 2.76 bits per heavy atom. The number of piperidine rings is 1. The van der Waals surface area contributed by atoms with Crippen LogP contribution in [-0.4, -0.2) is 29.0 Å². The van der Waals surface area contributed by atoms with Crippen molar-refractivity contribution in [1.29, 1.82) is 0 Å². The number of carbonyl (C=O) groups is 1. The van der Waals surface area contributed by atoms with Gasteiger partial charge in [-0.25, -0.2) is 9.97 Å². The van der Waals surface area contributed by atoms with Crippen LogP contribution in [0.15, 0.2) is 24.5 Å². The van der Waals surface area contributed by atoms with Crippen molar-refractivity contribution in [1.82, 2.24) is 9.97 Å². The number of nitrogens with zero attached hydrogens (tertiary/aromatic N) is 3. The van der Waals surface area contributed by atoms with E-state index < -0.39 is 0 Å². The van der Waals surface area contributed by atoms with Gasteiger partial charge in [0.15, 0.2) is 0 Å². The Kier molecular flexibility index (Phi) is 3.60. The maximum atomic E-state index is 11.0. The Morgan fingerprint density at radius 2 is 2.05 bits per heavy atom. The summed E-state index contributed by atoms with van der Waals surface area (Å²) in [5, 5.41) is 1.01. The highest BCUT2D eigenvalue weighted by atomic mass is 16.1. The Balaban J connectivity index is 1.81. The molecular weight excluding hydrogens is 266 g/mol. The number of benzene rings is 1. The van der Waals surface area contributed by atoms with Gasteiger partial charge in [0.1, 0.15) is 12.1 Å². The minimum absolute atomic E-state index is 0.212. The zero-order valence-corrected chi connectivity index (χ0v) is 11.8. The van der Waals surface area contributed by atoms with Crippen LogP contribution in [0.1, 0.15) is 19.3 Å². The molecule has 4 N–H and O–H groups in total. The predicted octanol–water partition coefficient (Wildman–Crippen LogP) is 1.30. The van der Waals surface area contributed by atoms with Crippen molar-refractivity contribution in [2.24, 2.45) is 11.7 Å². The van der Waals surface area contributed by atoms with Gasteiger partial charge in [0, 0.05) is 30.6 Å². The van der Waals surface area contributed by atoms with Gasteiger partial charge in [0.05, 0.1) is 5.52 Å². The monoisotopic (exact) mass is 285 g/mol. The van der Waals surface area contributed by atoms with Gasteiger partial charge in [-0.05, 0) is 37.0 Å². The van der Waals surface area contributed by atoms with E-state index in [1.54, 1.807) is 6.33 Å². The summed E-state index contributed by atoms with van der Waals surface area (Å²) in [4.78, 5) is 22.0. The molecule has 2 aromatic rings. The highest BCUT2D eigenvalue weighted by molar-refractivity contribution is 5.91. The van der Waals surface area contributed by atoms with Gasteiger partial charge in [-0.15, -0.1) is 0 Å². The highest BCUT2D eigenvalue weighted by Gasteiger charge is 2.22. The van der Waals surface area contributed by atoms with Crippen molar-refractivity contribution in [3.05, 3.63) is 24.5 Å². The Bertz CT molecular complexity index is 664. The smallest absolute Gasteiger partial charge is 0.217 e. The number of primary amides is 1. The second-order valence-electron chi connectivity index (χ2n) is 5.57. The van der Waals surface area contributed by atoms with Crippen molar-refractivity contribution in [2.45, 2.75) is 19.3 Å². The molecule has 1 aliphatic heterocycles. The fraction of sp³-hybridized carbons (Fsp3) is 0.400. The maximum Gasteiger partial charge on any atom is 0.217 e. The molecule has 6 nitrogen and oxygen atoms in total. The van der Waals surface area contributed by atoms with Gasteiger partial charge in [0.25, 0.3) is 0 Å². The van der Waals surface area contributed by atoms with E-state index in [0.29, 0.717) is 18.0 Å². The number of fused-ring (bicyclic) bond motifs is 1. The molecule has 0 spiro atoms. The first-order chi connectivity index (χ1) is 10.1. The molecule has 21 heavy (non-hydrogen) atoms. The minimum atomic E-state index is -0.212. The predicted molar refractivity (Wildman–Crippen MR) is 82.7 cm³/mol. The van der Waals surface area contributed by atoms with Crippen LogP contribution in [0.5, 0.6) is 0 Å². The number of carbonyl (C=O) groups excluding carboxylic acids is 1. The van der Waals surface area contributed by atoms with Gasteiger partial charge in [-0.3, -0.25) is 4.79 Å². The molecule has 1 aromatic heterocycles. The van der Waals surface area contributed by atoms with Gasteiger partial charge in [-0.2, -0.15) is 0 Å². The van der Waals surface area contributed by atoms with Crippen LogP contribution in [0.25, 0.3) is 10.9 Å². The third-order valence-corrected chi connectivity index (χ3v) is 4.04. The van der Waals surface area contributed by atoms with Crippen molar-refractivity contribution in [3.63, 3.8) is 0 Å². The molecule has 110 valence electrons. The van der Waals surface area contributed by atoms with Gasteiger partial charge in [0.2, 0.25) is 5.91 Å². The standard InChI is InChI=1S/C15H19N5O/c16-11-1-2-12-13(8-11)18-9-19-15(12)20-5-3-10(4-6-20)7-14(17)21/h1-2,8-10H,3-7,16H2,(H2,17,21). The van der Waals surface area contributed by atoms with Crippen LogP contribution < -0.4 is 16.4 Å². The fourth-order valence-corrected chi connectivity index (χ4v) is 2.95. The summed E-state index contributed by atoms with van der Waals surface area (Å²) in [6.45, 7) is 1.77. The zero-order chi connectivity index (χ0) is 14.8. The molecule has 1 aromatic carbocycles. The van der Waals surface area contributed by atoms with Crippen LogP contribution in [-0.2, 0) is 4.79 Å². The molecule has 0 aliphatic carbocycles. The Morgan fingerprint density at radius 1 is 1.29 bits per heavy atom. The lowest BCUT2D eigenvalue weighted by atomic mass is 9.93. The van der Waals surface area contributed by atoms with E-state index in [9.17, 15) is 4.79 Å². The second kappa shape index (κ2) is 5.55. The van der Waals surface area contributed by atoms with E-state index in [2.05, 4.69) is 14.9 Å². The normalized spacial score (nSPS) is 16.3. The first-order valence-electron chi connectivity index (χ1n) is 7.17. The Hall–Kier alpha value is -2.37. The second-order valence-corrected chi connectivity index (χ2v) is 5.57. The largest absolute Gasteiger partial charge is 0.399 e. The molecule has 0 radical (unpaired) electrons. The number of hydrogen-bond acceptors (Lipinski definition) is 5. The quantitative estimate of drug-likeness (QED) is 0.828. The molecule has 1 aliphatic rings. The van der Waals surface area contributed by atoms with E-state index in [-0.39, 0.29) is 5.91 Å². The summed E-state index contributed by atoms with van der Waals surface area (Å²) in [7, 11) is 0. The van der Waals surface area contributed by atoms with Crippen LogP contribution in [0, 0.1) is 5.92 Å². The zero-order valence-electron chi connectivity index (χ0n) is 11.8. The van der Waals surface area contributed by atoms with Gasteiger partial charge in [-0.1, -0.05) is 0 Å². The van der Waals surface area contributed by atoms with E-state index in [0.717, 1.165) is 42.7 Å². The molecule has 1 fully saturated rings. The topological polar surface area (TPSA) is 98.1 Å². The molecule has 2 heterocycles. The lowest BCUT2D eigenvalue weighted by molar-refractivity contribution is -0.119. The first kappa shape index (κ1) is 13.6. The van der Waals surface area contributed by atoms with Gasteiger partial charge >= 0.3 is 0 Å². The third-order valence-electron chi connectivity index (χ3n) is 4.04. The fourth-order valence-electron chi connectivity index (χ4n) is 2.95. The van der Waals surface area contributed by atoms with Crippen molar-refractivity contribution in [3.8, 4) is 0 Å². The molecule has 1 amide bonds. The van der Waals surface area contributed by atoms with E-state index in [1.807, 2.05) is 18.2 Å². The summed E-state index contributed by atoms with van der Waals surface area (Å²) < 4.78 is 0. The lowest BCUT2D eigenvalue weighted by Gasteiger charge is -2.32. The van der Waals surface area contributed by atoms with Crippen molar-refractivity contribution >= 4 is 28.3 Å². The highest BCUT2D eigenvalue weighted by Crippen LogP contribution is 2.29. The lowest BCUT2D eigenvalue weighted by Crippen LogP contribution is -2.35. The number of rotatable bonds is 3. The number of aromatic nitrogens is 2. The summed E-state index contributed by atoms with van der Waals surface area (Å²) in [5.74, 6) is 1.12. The summed E-state index contributed by atoms with van der Waals surface area (Å²) in [6, 6.07) is 5.70. The molecule has 0 bridgehead atoms. The number of hydrogen-bond donors (Lipinski definition) is 2. The maximum absolute atomic E-state index is 11.0. The number of nitrogens with two attached hydrogens (primary N) is 2. The Labute approximate surface area is 123 Å². The third kappa shape index (κ3) is 2.89. The van der Waals surface area contributed by atoms with Crippen molar-refractivity contribution in [2.75, 3.05) is 23.7 Å². The average Bonchev–Trinajstić information content (AvgIpc) is 2.46. The molecule has 0 atom stereocenters. The number of amides is 1. The van der Waals surface area contributed by atoms with Crippen LogP contribution in [0.4, 0.5) is 11.5 Å². The van der Waals surface area contributed by atoms with Crippen LogP contribution >= 0.6 is 0 Å². The molecule has 6 heteroatoms. The average molecular weight is 285 g/mol. The number of nitrogen functional groups attached to an aromatic ring is 1. The molecule has 0 saturated carbocycles. The molecule has 0 unspecified atom stereocenters.